The minimum atomic E-state index is -0.493. The standard InChI is InChI=1S/C30H30N6O2/c1-35(25-13-7-20(18-31)8-14-25)30(38)23-15-16-36-27(17-23)26(19-33-36)21-9-11-24(12-10-21)34-29(37)28(32)22-5-3-2-4-6-22/h7-17,19,22,28H,2-6,32H2,1H3,(H,34,37). The van der Waals surface area contributed by atoms with E-state index in [2.05, 4.69) is 16.5 Å². The lowest BCUT2D eigenvalue weighted by atomic mass is 9.84. The molecule has 1 aliphatic carbocycles. The van der Waals surface area contributed by atoms with E-state index in [1.807, 2.05) is 30.3 Å². The number of aromatic nitrogens is 2. The molecule has 0 saturated heterocycles. The third-order valence-electron chi connectivity index (χ3n) is 7.38. The van der Waals surface area contributed by atoms with E-state index in [1.165, 1.54) is 6.42 Å². The van der Waals surface area contributed by atoms with Gasteiger partial charge < -0.3 is 16.0 Å². The number of nitrogens with two attached hydrogens (primary N) is 1. The minimum absolute atomic E-state index is 0.143. The molecule has 8 heteroatoms. The van der Waals surface area contributed by atoms with Crippen LogP contribution < -0.4 is 16.0 Å². The zero-order chi connectivity index (χ0) is 26.6. The van der Waals surface area contributed by atoms with Crippen molar-refractivity contribution in [1.29, 1.82) is 5.26 Å². The summed E-state index contributed by atoms with van der Waals surface area (Å²) in [4.78, 5) is 27.5. The molecule has 4 aromatic rings. The van der Waals surface area contributed by atoms with Gasteiger partial charge >= 0.3 is 0 Å². The van der Waals surface area contributed by atoms with E-state index in [1.54, 1.807) is 59.2 Å². The van der Waals surface area contributed by atoms with Gasteiger partial charge in [-0.05, 0) is 72.9 Å². The summed E-state index contributed by atoms with van der Waals surface area (Å²) in [5.74, 6) is -0.0680. The van der Waals surface area contributed by atoms with Gasteiger partial charge in [0.05, 0.1) is 29.4 Å². The van der Waals surface area contributed by atoms with E-state index in [-0.39, 0.29) is 17.7 Å². The number of rotatable bonds is 6. The number of nitrogens with one attached hydrogen (secondary N) is 1. The van der Waals surface area contributed by atoms with Gasteiger partial charge in [0.1, 0.15) is 0 Å². The van der Waals surface area contributed by atoms with Gasteiger partial charge in [0, 0.05) is 35.7 Å². The van der Waals surface area contributed by atoms with Crippen LogP contribution in [0.25, 0.3) is 16.6 Å². The number of amides is 2. The highest BCUT2D eigenvalue weighted by atomic mass is 16.2. The summed E-state index contributed by atoms with van der Waals surface area (Å²) in [7, 11) is 1.71. The van der Waals surface area contributed by atoms with E-state index < -0.39 is 6.04 Å². The molecular formula is C30H30N6O2. The number of hydrogen-bond donors (Lipinski definition) is 2. The summed E-state index contributed by atoms with van der Waals surface area (Å²) in [5, 5.41) is 16.4. The van der Waals surface area contributed by atoms with Crippen molar-refractivity contribution in [2.45, 2.75) is 38.1 Å². The van der Waals surface area contributed by atoms with E-state index in [9.17, 15) is 9.59 Å². The van der Waals surface area contributed by atoms with Crippen molar-refractivity contribution in [3.8, 4) is 17.2 Å². The van der Waals surface area contributed by atoms with Crippen molar-refractivity contribution < 1.29 is 9.59 Å². The number of nitrogens with zero attached hydrogens (tertiary/aromatic N) is 4. The predicted molar refractivity (Wildman–Crippen MR) is 148 cm³/mol. The summed E-state index contributed by atoms with van der Waals surface area (Å²) < 4.78 is 1.73. The Kier molecular flexibility index (Phi) is 7.20. The topological polar surface area (TPSA) is 117 Å². The molecule has 1 atom stereocenters. The monoisotopic (exact) mass is 506 g/mol. The Labute approximate surface area is 221 Å². The number of benzene rings is 2. The van der Waals surface area contributed by atoms with Crippen molar-refractivity contribution in [1.82, 2.24) is 9.61 Å². The first kappa shape index (κ1) is 25.2. The fraction of sp³-hybridized carbons (Fsp3) is 0.267. The number of carbonyl (C=O) groups excluding carboxylic acids is 2. The van der Waals surface area contributed by atoms with Crippen molar-refractivity contribution in [3.63, 3.8) is 0 Å². The Balaban J connectivity index is 1.33. The van der Waals surface area contributed by atoms with Crippen LogP contribution in [0.3, 0.4) is 0 Å². The maximum atomic E-state index is 13.2. The smallest absolute Gasteiger partial charge is 0.258 e. The van der Waals surface area contributed by atoms with Gasteiger partial charge in [0.15, 0.2) is 0 Å². The van der Waals surface area contributed by atoms with Gasteiger partial charge in [-0.2, -0.15) is 10.4 Å². The van der Waals surface area contributed by atoms with Crippen LogP contribution in [0.1, 0.15) is 48.0 Å². The number of carbonyl (C=O) groups is 2. The molecule has 0 aliphatic heterocycles. The third-order valence-corrected chi connectivity index (χ3v) is 7.38. The highest BCUT2D eigenvalue weighted by Gasteiger charge is 2.26. The molecule has 0 bridgehead atoms. The molecule has 5 rings (SSSR count). The first-order valence-electron chi connectivity index (χ1n) is 12.9. The number of hydrogen-bond acceptors (Lipinski definition) is 5. The number of fused-ring (bicyclic) bond motifs is 1. The Hall–Kier alpha value is -4.48. The third kappa shape index (κ3) is 5.15. The van der Waals surface area contributed by atoms with Crippen LogP contribution in [0.2, 0.25) is 0 Å². The largest absolute Gasteiger partial charge is 0.325 e. The maximum Gasteiger partial charge on any atom is 0.258 e. The molecule has 1 saturated carbocycles. The summed E-state index contributed by atoms with van der Waals surface area (Å²) in [5.41, 5.74) is 11.3. The van der Waals surface area contributed by atoms with Crippen LogP contribution in [0.15, 0.2) is 73.1 Å². The molecule has 0 radical (unpaired) electrons. The average Bonchev–Trinajstić information content (AvgIpc) is 3.40. The fourth-order valence-corrected chi connectivity index (χ4v) is 5.07. The van der Waals surface area contributed by atoms with Crippen LogP contribution in [0.4, 0.5) is 11.4 Å². The van der Waals surface area contributed by atoms with Gasteiger partial charge in [-0.15, -0.1) is 0 Å². The molecule has 38 heavy (non-hydrogen) atoms. The van der Waals surface area contributed by atoms with E-state index >= 15 is 0 Å². The number of nitriles is 1. The highest BCUT2D eigenvalue weighted by Crippen LogP contribution is 2.29. The van der Waals surface area contributed by atoms with Gasteiger partial charge in [-0.1, -0.05) is 31.4 Å². The quantitative estimate of drug-likeness (QED) is 0.382. The Morgan fingerprint density at radius 2 is 1.79 bits per heavy atom. The molecule has 2 amide bonds. The Morgan fingerprint density at radius 1 is 1.08 bits per heavy atom. The first-order chi connectivity index (χ1) is 18.4. The van der Waals surface area contributed by atoms with E-state index in [0.29, 0.717) is 22.5 Å². The van der Waals surface area contributed by atoms with Crippen molar-refractivity contribution in [2.75, 3.05) is 17.3 Å². The Morgan fingerprint density at radius 3 is 2.47 bits per heavy atom. The maximum absolute atomic E-state index is 13.2. The predicted octanol–water partition coefficient (Wildman–Crippen LogP) is 5.00. The molecule has 2 aromatic heterocycles. The number of pyridine rings is 1. The molecule has 2 aromatic carbocycles. The second kappa shape index (κ2) is 10.9. The zero-order valence-electron chi connectivity index (χ0n) is 21.3. The van der Waals surface area contributed by atoms with Gasteiger partial charge in [0.25, 0.3) is 5.91 Å². The Bertz CT molecular complexity index is 1490. The molecule has 0 spiro atoms. The highest BCUT2D eigenvalue weighted by molar-refractivity contribution is 6.06. The summed E-state index contributed by atoms with van der Waals surface area (Å²) >= 11 is 0. The SMILES string of the molecule is CN(C(=O)c1ccn2ncc(-c3ccc(NC(=O)C(N)C4CCCCC4)cc3)c2c1)c1ccc(C#N)cc1. The molecule has 3 N–H and O–H groups in total. The van der Waals surface area contributed by atoms with E-state index in [4.69, 9.17) is 11.0 Å². The molecule has 192 valence electrons. The lowest BCUT2D eigenvalue weighted by Gasteiger charge is -2.26. The molecule has 1 fully saturated rings. The molecule has 8 nitrogen and oxygen atoms in total. The molecule has 1 unspecified atom stereocenters. The van der Waals surface area contributed by atoms with Crippen LogP contribution in [-0.2, 0) is 4.79 Å². The first-order valence-corrected chi connectivity index (χ1v) is 12.9. The van der Waals surface area contributed by atoms with E-state index in [0.717, 1.165) is 42.3 Å². The average molecular weight is 507 g/mol. The normalized spacial score (nSPS) is 14.6. The van der Waals surface area contributed by atoms with Gasteiger partial charge in [0.2, 0.25) is 5.91 Å². The number of anilines is 2. The van der Waals surface area contributed by atoms with Crippen LogP contribution >= 0.6 is 0 Å². The van der Waals surface area contributed by atoms with Crippen molar-refractivity contribution in [3.05, 3.63) is 84.2 Å². The van der Waals surface area contributed by atoms with Gasteiger partial charge in [-0.3, -0.25) is 9.59 Å². The minimum Gasteiger partial charge on any atom is -0.325 e. The molecule has 2 heterocycles. The second-order valence-corrected chi connectivity index (χ2v) is 9.82. The van der Waals surface area contributed by atoms with Crippen LogP contribution in [0, 0.1) is 17.2 Å². The van der Waals surface area contributed by atoms with Crippen molar-refractivity contribution in [2.24, 2.45) is 11.7 Å². The summed E-state index contributed by atoms with van der Waals surface area (Å²) in [6.45, 7) is 0. The van der Waals surface area contributed by atoms with Crippen LogP contribution in [0.5, 0.6) is 0 Å². The molecular weight excluding hydrogens is 476 g/mol. The molecule has 1 aliphatic rings. The fourth-order valence-electron chi connectivity index (χ4n) is 5.07. The zero-order valence-corrected chi connectivity index (χ0v) is 21.3. The summed E-state index contributed by atoms with van der Waals surface area (Å²) in [6.07, 6.45) is 9.05. The van der Waals surface area contributed by atoms with Crippen molar-refractivity contribution >= 4 is 28.7 Å². The second-order valence-electron chi connectivity index (χ2n) is 9.82. The summed E-state index contributed by atoms with van der Waals surface area (Å²) in [6, 6.07) is 19.6. The lowest BCUT2D eigenvalue weighted by Crippen LogP contribution is -2.42. The van der Waals surface area contributed by atoms with Crippen LogP contribution in [-0.4, -0.2) is 34.5 Å². The van der Waals surface area contributed by atoms with Gasteiger partial charge in [-0.25, -0.2) is 4.52 Å². The lowest BCUT2D eigenvalue weighted by molar-refractivity contribution is -0.118.